The van der Waals surface area contributed by atoms with Gasteiger partial charge < -0.3 is 4.74 Å². The minimum atomic E-state index is -4.78. The SMILES string of the molecule is O=C(CCl)Cc1cc(CCl)cc(OC(F)(F)F)c1. The first-order valence-electron chi connectivity index (χ1n) is 4.86. The molecule has 0 radical (unpaired) electrons. The van der Waals surface area contributed by atoms with Crippen LogP contribution in [0.5, 0.6) is 5.75 Å². The number of carbonyl (C=O) groups excluding carboxylic acids is 1. The molecule has 0 aliphatic heterocycles. The number of benzene rings is 1. The van der Waals surface area contributed by atoms with Gasteiger partial charge in [0.05, 0.1) is 5.88 Å². The molecule has 0 amide bonds. The minimum Gasteiger partial charge on any atom is -0.406 e. The summed E-state index contributed by atoms with van der Waals surface area (Å²) in [6.07, 6.45) is -4.83. The Morgan fingerprint density at radius 2 is 1.78 bits per heavy atom. The molecule has 0 heterocycles. The van der Waals surface area contributed by atoms with E-state index in [0.717, 1.165) is 6.07 Å². The predicted molar refractivity (Wildman–Crippen MR) is 62.1 cm³/mol. The Balaban J connectivity index is 2.98. The molecule has 0 spiro atoms. The van der Waals surface area contributed by atoms with Crippen LogP contribution in [0.25, 0.3) is 0 Å². The first-order chi connectivity index (χ1) is 8.34. The maximum absolute atomic E-state index is 12.1. The van der Waals surface area contributed by atoms with E-state index in [1.54, 1.807) is 6.07 Å². The number of Topliss-reactive ketones (excluding diaryl/α,β-unsaturated/α-hetero) is 1. The molecule has 1 aromatic rings. The van der Waals surface area contributed by atoms with Crippen molar-refractivity contribution in [3.8, 4) is 5.75 Å². The molecule has 7 heteroatoms. The number of carbonyl (C=O) groups is 1. The Hall–Kier alpha value is -0.940. The van der Waals surface area contributed by atoms with Gasteiger partial charge in [-0.1, -0.05) is 6.07 Å². The summed E-state index contributed by atoms with van der Waals surface area (Å²) in [6.45, 7) is 0. The van der Waals surface area contributed by atoms with Gasteiger partial charge in [-0.15, -0.1) is 36.4 Å². The molecule has 0 fully saturated rings. The summed E-state index contributed by atoms with van der Waals surface area (Å²) in [6, 6.07) is 3.86. The number of halogens is 5. The number of hydrogen-bond donors (Lipinski definition) is 0. The fourth-order valence-electron chi connectivity index (χ4n) is 1.38. The van der Waals surface area contributed by atoms with Crippen LogP contribution < -0.4 is 4.74 Å². The smallest absolute Gasteiger partial charge is 0.406 e. The maximum atomic E-state index is 12.1. The van der Waals surface area contributed by atoms with Crippen molar-refractivity contribution in [2.45, 2.75) is 18.7 Å². The summed E-state index contributed by atoms with van der Waals surface area (Å²) in [4.78, 5) is 11.1. The number of ether oxygens (including phenoxy) is 1. The van der Waals surface area contributed by atoms with Gasteiger partial charge in [-0.05, 0) is 23.3 Å². The average molecular weight is 301 g/mol. The zero-order chi connectivity index (χ0) is 13.8. The van der Waals surface area contributed by atoms with E-state index in [-0.39, 0.29) is 24.0 Å². The largest absolute Gasteiger partial charge is 0.573 e. The molecule has 0 aliphatic rings. The highest BCUT2D eigenvalue weighted by atomic mass is 35.5. The van der Waals surface area contributed by atoms with Crippen molar-refractivity contribution < 1.29 is 22.7 Å². The third kappa shape index (κ3) is 5.14. The van der Waals surface area contributed by atoms with Gasteiger partial charge in [0.2, 0.25) is 0 Å². The summed E-state index contributed by atoms with van der Waals surface area (Å²) in [5.74, 6) is -0.850. The second-order valence-electron chi connectivity index (χ2n) is 3.52. The van der Waals surface area contributed by atoms with Crippen molar-refractivity contribution >= 4 is 29.0 Å². The number of rotatable bonds is 5. The van der Waals surface area contributed by atoms with Crippen LogP contribution in [0.4, 0.5) is 13.2 Å². The molecule has 0 bridgehead atoms. The summed E-state index contributed by atoms with van der Waals surface area (Å²) in [7, 11) is 0. The number of alkyl halides is 5. The lowest BCUT2D eigenvalue weighted by molar-refractivity contribution is -0.274. The molecule has 0 saturated carbocycles. The van der Waals surface area contributed by atoms with Crippen LogP contribution >= 0.6 is 23.2 Å². The summed E-state index contributed by atoms with van der Waals surface area (Å²) in [5.41, 5.74) is 0.828. The van der Waals surface area contributed by atoms with E-state index in [1.807, 2.05) is 0 Å². The molecule has 100 valence electrons. The normalized spacial score (nSPS) is 11.4. The zero-order valence-corrected chi connectivity index (χ0v) is 10.6. The van der Waals surface area contributed by atoms with Crippen LogP contribution in [0.15, 0.2) is 18.2 Å². The van der Waals surface area contributed by atoms with Crippen molar-refractivity contribution in [2.75, 3.05) is 5.88 Å². The minimum absolute atomic E-state index is 0.0249. The third-order valence-electron chi connectivity index (χ3n) is 1.96. The van der Waals surface area contributed by atoms with Crippen LogP contribution in [0, 0.1) is 0 Å². The Morgan fingerprint density at radius 1 is 1.17 bits per heavy atom. The lowest BCUT2D eigenvalue weighted by Crippen LogP contribution is -2.17. The van der Waals surface area contributed by atoms with E-state index >= 15 is 0 Å². The van der Waals surface area contributed by atoms with Crippen LogP contribution in [0.3, 0.4) is 0 Å². The molecule has 18 heavy (non-hydrogen) atoms. The molecule has 0 aromatic heterocycles. The van der Waals surface area contributed by atoms with Gasteiger partial charge in [-0.3, -0.25) is 4.79 Å². The molecule has 0 saturated heterocycles. The van der Waals surface area contributed by atoms with Crippen LogP contribution in [0.2, 0.25) is 0 Å². The Bertz CT molecular complexity index is 433. The van der Waals surface area contributed by atoms with E-state index in [0.29, 0.717) is 11.1 Å². The molecule has 0 unspecified atom stereocenters. The van der Waals surface area contributed by atoms with E-state index in [1.165, 1.54) is 6.07 Å². The zero-order valence-electron chi connectivity index (χ0n) is 9.06. The molecule has 2 nitrogen and oxygen atoms in total. The third-order valence-corrected chi connectivity index (χ3v) is 2.57. The first kappa shape index (κ1) is 15.1. The summed E-state index contributed by atoms with van der Waals surface area (Å²) >= 11 is 10.9. The van der Waals surface area contributed by atoms with Crippen molar-refractivity contribution in [3.63, 3.8) is 0 Å². The molecule has 1 aromatic carbocycles. The van der Waals surface area contributed by atoms with Gasteiger partial charge in [-0.2, -0.15) is 0 Å². The van der Waals surface area contributed by atoms with Crippen molar-refractivity contribution in [2.24, 2.45) is 0 Å². The van der Waals surface area contributed by atoms with Gasteiger partial charge in [0.15, 0.2) is 5.78 Å². The fraction of sp³-hybridized carbons (Fsp3) is 0.364. The van der Waals surface area contributed by atoms with Crippen molar-refractivity contribution in [1.82, 2.24) is 0 Å². The van der Waals surface area contributed by atoms with E-state index in [4.69, 9.17) is 23.2 Å². The molecular formula is C11H9Cl2F3O2. The van der Waals surface area contributed by atoms with Gasteiger partial charge in [-0.25, -0.2) is 0 Å². The van der Waals surface area contributed by atoms with Gasteiger partial charge >= 0.3 is 6.36 Å². The quantitative estimate of drug-likeness (QED) is 0.776. The molecule has 0 N–H and O–H groups in total. The first-order valence-corrected chi connectivity index (χ1v) is 5.93. The van der Waals surface area contributed by atoms with Gasteiger partial charge in [0.1, 0.15) is 5.75 Å². The topological polar surface area (TPSA) is 26.3 Å². The van der Waals surface area contributed by atoms with E-state index < -0.39 is 12.1 Å². The number of hydrogen-bond acceptors (Lipinski definition) is 2. The summed E-state index contributed by atoms with van der Waals surface area (Å²) in [5, 5.41) is 0. The Labute approximate surface area is 112 Å². The van der Waals surface area contributed by atoms with Crippen LogP contribution in [-0.2, 0) is 17.1 Å². The molecule has 0 aliphatic carbocycles. The standard InChI is InChI=1S/C11H9Cl2F3O2/c12-5-8-1-7(2-9(17)6-13)3-10(4-8)18-11(14,15)16/h1,3-4H,2,5-6H2. The average Bonchev–Trinajstić information content (AvgIpc) is 2.26. The molecule has 1 rings (SSSR count). The molecular weight excluding hydrogens is 292 g/mol. The fourth-order valence-corrected chi connectivity index (χ4v) is 1.62. The Kier molecular flexibility index (Phi) is 5.28. The Morgan fingerprint density at radius 3 is 2.28 bits per heavy atom. The highest BCUT2D eigenvalue weighted by molar-refractivity contribution is 6.27. The predicted octanol–water partition coefficient (Wildman–Crippen LogP) is 3.67. The second-order valence-corrected chi connectivity index (χ2v) is 4.05. The summed E-state index contributed by atoms with van der Waals surface area (Å²) < 4.78 is 40.1. The van der Waals surface area contributed by atoms with Crippen molar-refractivity contribution in [1.29, 1.82) is 0 Å². The van der Waals surface area contributed by atoms with Gasteiger partial charge in [0, 0.05) is 12.3 Å². The van der Waals surface area contributed by atoms with E-state index in [9.17, 15) is 18.0 Å². The van der Waals surface area contributed by atoms with Gasteiger partial charge in [0.25, 0.3) is 0 Å². The number of ketones is 1. The molecule has 0 atom stereocenters. The van der Waals surface area contributed by atoms with E-state index in [2.05, 4.69) is 4.74 Å². The lowest BCUT2D eigenvalue weighted by atomic mass is 10.1. The van der Waals surface area contributed by atoms with Crippen LogP contribution in [-0.4, -0.2) is 18.0 Å². The maximum Gasteiger partial charge on any atom is 0.573 e. The highest BCUT2D eigenvalue weighted by Gasteiger charge is 2.31. The van der Waals surface area contributed by atoms with Crippen molar-refractivity contribution in [3.05, 3.63) is 29.3 Å². The van der Waals surface area contributed by atoms with Crippen LogP contribution in [0.1, 0.15) is 11.1 Å². The lowest BCUT2D eigenvalue weighted by Gasteiger charge is -2.11. The second kappa shape index (κ2) is 6.29. The highest BCUT2D eigenvalue weighted by Crippen LogP contribution is 2.26. The monoisotopic (exact) mass is 300 g/mol.